The highest BCUT2D eigenvalue weighted by atomic mass is 16.7. The predicted molar refractivity (Wildman–Crippen MR) is 86.8 cm³/mol. The lowest BCUT2D eigenvalue weighted by Gasteiger charge is -2.45. The van der Waals surface area contributed by atoms with Gasteiger partial charge in [0, 0.05) is 27.4 Å². The minimum atomic E-state index is -2.02. The fourth-order valence-electron chi connectivity index (χ4n) is 2.41. The van der Waals surface area contributed by atoms with Crippen molar-refractivity contribution in [3.8, 4) is 0 Å². The molecule has 26 heavy (non-hydrogen) atoms. The van der Waals surface area contributed by atoms with Gasteiger partial charge in [-0.05, 0) is 20.8 Å². The molecule has 0 aliphatic carbocycles. The van der Waals surface area contributed by atoms with Crippen LogP contribution in [-0.4, -0.2) is 66.7 Å². The Bertz CT molecular complexity index is 530. The summed E-state index contributed by atoms with van der Waals surface area (Å²) < 4.78 is 25.8. The van der Waals surface area contributed by atoms with Crippen molar-refractivity contribution in [1.82, 2.24) is 5.32 Å². The zero-order valence-electron chi connectivity index (χ0n) is 15.9. The molecule has 0 aromatic rings. The first-order chi connectivity index (χ1) is 11.9. The normalized spacial score (nSPS) is 28.8. The van der Waals surface area contributed by atoms with Crippen LogP contribution >= 0.6 is 0 Å². The fraction of sp³-hybridized carbons (Fsp3) is 0.812. The van der Waals surface area contributed by atoms with Gasteiger partial charge in [0.25, 0.3) is 0 Å². The standard InChI is InChI=1S/C16H27NO9/c1-9(18)23-8-12-11(24-10(2)19)7-16(21,13(22-6)25-12)17-14(20)26-15(3,4)5/h11-13,21H,7-8H2,1-6H3,(H,17,20)/t11-,12+,13-,16-/m1/s1. The van der Waals surface area contributed by atoms with E-state index in [-0.39, 0.29) is 13.0 Å². The van der Waals surface area contributed by atoms with Crippen molar-refractivity contribution in [2.75, 3.05) is 13.7 Å². The summed E-state index contributed by atoms with van der Waals surface area (Å²) in [6, 6.07) is 0. The summed E-state index contributed by atoms with van der Waals surface area (Å²) in [5, 5.41) is 13.1. The number of carbonyl (C=O) groups excluding carboxylic acids is 3. The molecule has 1 saturated heterocycles. The summed E-state index contributed by atoms with van der Waals surface area (Å²) in [6.45, 7) is 7.19. The maximum absolute atomic E-state index is 12.0. The molecule has 1 aliphatic rings. The van der Waals surface area contributed by atoms with Gasteiger partial charge in [-0.3, -0.25) is 14.9 Å². The van der Waals surface area contributed by atoms with E-state index in [2.05, 4.69) is 5.32 Å². The quantitative estimate of drug-likeness (QED) is 0.398. The van der Waals surface area contributed by atoms with Gasteiger partial charge >= 0.3 is 18.0 Å². The van der Waals surface area contributed by atoms with E-state index in [1.807, 2.05) is 0 Å². The summed E-state index contributed by atoms with van der Waals surface area (Å²) in [4.78, 5) is 34.4. The van der Waals surface area contributed by atoms with Crippen molar-refractivity contribution in [3.63, 3.8) is 0 Å². The van der Waals surface area contributed by atoms with E-state index in [1.54, 1.807) is 20.8 Å². The van der Waals surface area contributed by atoms with Gasteiger partial charge in [0.05, 0.1) is 0 Å². The molecule has 0 radical (unpaired) electrons. The van der Waals surface area contributed by atoms with Crippen molar-refractivity contribution in [1.29, 1.82) is 0 Å². The van der Waals surface area contributed by atoms with Gasteiger partial charge in [-0.15, -0.1) is 0 Å². The Balaban J connectivity index is 2.95. The minimum Gasteiger partial charge on any atom is -0.463 e. The number of methoxy groups -OCH3 is 1. The number of alkyl carbamates (subject to hydrolysis) is 1. The first-order valence-electron chi connectivity index (χ1n) is 8.08. The zero-order chi connectivity index (χ0) is 20.1. The molecule has 1 heterocycles. The second-order valence-electron chi connectivity index (χ2n) is 6.95. The molecule has 150 valence electrons. The summed E-state index contributed by atoms with van der Waals surface area (Å²) in [5.74, 6) is -1.17. The molecule has 10 nitrogen and oxygen atoms in total. The number of hydrogen-bond donors (Lipinski definition) is 2. The van der Waals surface area contributed by atoms with Crippen LogP contribution in [0.5, 0.6) is 0 Å². The molecule has 2 N–H and O–H groups in total. The lowest BCUT2D eigenvalue weighted by Crippen LogP contribution is -2.66. The van der Waals surface area contributed by atoms with Crippen molar-refractivity contribution in [2.45, 2.75) is 70.9 Å². The number of hydrogen-bond acceptors (Lipinski definition) is 9. The molecule has 1 amide bonds. The van der Waals surface area contributed by atoms with E-state index in [0.29, 0.717) is 0 Å². The van der Waals surface area contributed by atoms with Gasteiger partial charge in [-0.1, -0.05) is 0 Å². The second kappa shape index (κ2) is 8.65. The third kappa shape index (κ3) is 6.77. The Morgan fingerprint density at radius 1 is 1.23 bits per heavy atom. The van der Waals surface area contributed by atoms with Crippen LogP contribution in [0.4, 0.5) is 4.79 Å². The van der Waals surface area contributed by atoms with Gasteiger partial charge in [0.15, 0.2) is 5.72 Å². The largest absolute Gasteiger partial charge is 0.463 e. The highest BCUT2D eigenvalue weighted by molar-refractivity contribution is 5.69. The van der Waals surface area contributed by atoms with E-state index in [0.717, 1.165) is 0 Å². The van der Waals surface area contributed by atoms with Crippen LogP contribution in [0.3, 0.4) is 0 Å². The van der Waals surface area contributed by atoms with Gasteiger partial charge in [0.1, 0.15) is 24.4 Å². The molecule has 0 spiro atoms. The Kier molecular flexibility index (Phi) is 7.36. The Morgan fingerprint density at radius 3 is 2.31 bits per heavy atom. The smallest absolute Gasteiger partial charge is 0.410 e. The Morgan fingerprint density at radius 2 is 1.85 bits per heavy atom. The topological polar surface area (TPSA) is 130 Å². The van der Waals surface area contributed by atoms with Crippen molar-refractivity contribution >= 4 is 18.0 Å². The Labute approximate surface area is 152 Å². The van der Waals surface area contributed by atoms with Crippen LogP contribution < -0.4 is 5.32 Å². The van der Waals surface area contributed by atoms with Crippen molar-refractivity contribution in [3.05, 3.63) is 0 Å². The van der Waals surface area contributed by atoms with Crippen LogP contribution in [0.15, 0.2) is 0 Å². The van der Waals surface area contributed by atoms with Crippen LogP contribution in [0, 0.1) is 0 Å². The SMILES string of the molecule is CO[C@@H]1O[C@@H](COC(C)=O)[C@H](OC(C)=O)C[C@]1(O)NC(=O)OC(C)(C)C. The summed E-state index contributed by atoms with van der Waals surface area (Å²) in [6.07, 6.45) is -4.32. The molecule has 10 heteroatoms. The molecule has 1 aliphatic heterocycles. The van der Waals surface area contributed by atoms with E-state index in [1.165, 1.54) is 21.0 Å². The second-order valence-corrected chi connectivity index (χ2v) is 6.95. The number of aliphatic hydroxyl groups is 1. The lowest BCUT2D eigenvalue weighted by atomic mass is 9.96. The molecule has 1 fully saturated rings. The lowest BCUT2D eigenvalue weighted by molar-refractivity contribution is -0.309. The number of carbonyl (C=O) groups is 3. The average molecular weight is 377 g/mol. The van der Waals surface area contributed by atoms with Gasteiger partial charge in [0.2, 0.25) is 6.29 Å². The van der Waals surface area contributed by atoms with E-state index in [4.69, 9.17) is 23.7 Å². The summed E-state index contributed by atoms with van der Waals surface area (Å²) >= 11 is 0. The predicted octanol–water partition coefficient (Wildman–Crippen LogP) is 0.456. The molecule has 0 saturated carbocycles. The van der Waals surface area contributed by atoms with Crippen LogP contribution in [0.2, 0.25) is 0 Å². The van der Waals surface area contributed by atoms with E-state index in [9.17, 15) is 19.5 Å². The molecule has 0 bridgehead atoms. The maximum atomic E-state index is 12.0. The van der Waals surface area contributed by atoms with E-state index >= 15 is 0 Å². The third-order valence-electron chi connectivity index (χ3n) is 3.32. The van der Waals surface area contributed by atoms with Crippen molar-refractivity contribution < 1.29 is 43.2 Å². The van der Waals surface area contributed by atoms with Gasteiger partial charge in [-0.25, -0.2) is 4.79 Å². The van der Waals surface area contributed by atoms with Gasteiger partial charge < -0.3 is 28.8 Å². The first-order valence-corrected chi connectivity index (χ1v) is 8.08. The van der Waals surface area contributed by atoms with E-state index < -0.39 is 47.9 Å². The number of amides is 1. The molecular weight excluding hydrogens is 350 g/mol. The number of ether oxygens (including phenoxy) is 5. The first kappa shape index (κ1) is 22.1. The number of esters is 2. The zero-order valence-corrected chi connectivity index (χ0v) is 15.9. The average Bonchev–Trinajstić information content (AvgIpc) is 2.42. The molecular formula is C16H27NO9. The van der Waals surface area contributed by atoms with Gasteiger partial charge in [-0.2, -0.15) is 0 Å². The molecule has 0 aromatic carbocycles. The number of rotatable bonds is 5. The van der Waals surface area contributed by atoms with Crippen LogP contribution in [-0.2, 0) is 33.3 Å². The monoisotopic (exact) mass is 377 g/mol. The molecule has 0 unspecified atom stereocenters. The highest BCUT2D eigenvalue weighted by Crippen LogP contribution is 2.30. The molecule has 1 rings (SSSR count). The summed E-state index contributed by atoms with van der Waals surface area (Å²) in [7, 11) is 1.27. The minimum absolute atomic E-state index is 0.213. The maximum Gasteiger partial charge on any atom is 0.410 e. The molecule has 0 aromatic heterocycles. The van der Waals surface area contributed by atoms with Crippen LogP contribution in [0.1, 0.15) is 41.0 Å². The summed E-state index contributed by atoms with van der Waals surface area (Å²) in [5.41, 5.74) is -2.81. The Hall–Kier alpha value is -1.91. The number of nitrogens with one attached hydrogen (secondary N) is 1. The highest BCUT2D eigenvalue weighted by Gasteiger charge is 2.51. The van der Waals surface area contributed by atoms with Crippen LogP contribution in [0.25, 0.3) is 0 Å². The molecule has 4 atom stereocenters. The van der Waals surface area contributed by atoms with Crippen molar-refractivity contribution in [2.24, 2.45) is 0 Å². The fourth-order valence-corrected chi connectivity index (χ4v) is 2.41. The third-order valence-corrected chi connectivity index (χ3v) is 3.32.